The first-order valence-electron chi connectivity index (χ1n) is 4.30. The average molecular weight is 190 g/mol. The van der Waals surface area contributed by atoms with Crippen LogP contribution in [0, 0.1) is 12.3 Å². The molecule has 1 aromatic rings. The minimum Gasteiger partial charge on any atom is -0.454 e. The minimum atomic E-state index is 0.296. The fourth-order valence-corrected chi connectivity index (χ4v) is 1.26. The summed E-state index contributed by atoms with van der Waals surface area (Å²) in [6.07, 6.45) is 5.06. The van der Waals surface area contributed by atoms with Gasteiger partial charge in [0.25, 0.3) is 0 Å². The highest BCUT2D eigenvalue weighted by atomic mass is 16.7. The molecule has 0 saturated carbocycles. The number of ether oxygens (including phenoxy) is 3. The molecule has 1 heterocycles. The Balaban J connectivity index is 2.02. The van der Waals surface area contributed by atoms with Gasteiger partial charge < -0.3 is 14.2 Å². The highest BCUT2D eigenvalue weighted by molar-refractivity contribution is 5.44. The zero-order chi connectivity index (χ0) is 9.80. The summed E-state index contributed by atoms with van der Waals surface area (Å²) in [4.78, 5) is 0. The molecule has 0 aromatic heterocycles. The fraction of sp³-hybridized carbons (Fsp3) is 0.273. The van der Waals surface area contributed by atoms with Gasteiger partial charge in [0.2, 0.25) is 6.79 Å². The molecule has 1 aromatic carbocycles. The van der Waals surface area contributed by atoms with E-state index >= 15 is 0 Å². The number of rotatable bonds is 3. The quantitative estimate of drug-likeness (QED) is 0.534. The number of hydrogen-bond donors (Lipinski definition) is 0. The van der Waals surface area contributed by atoms with Crippen molar-refractivity contribution in [2.75, 3.05) is 13.4 Å². The Bertz CT molecular complexity index is 365. The van der Waals surface area contributed by atoms with Crippen LogP contribution in [0.5, 0.6) is 11.5 Å². The van der Waals surface area contributed by atoms with Crippen LogP contribution in [0.15, 0.2) is 18.2 Å². The van der Waals surface area contributed by atoms with Crippen molar-refractivity contribution in [3.63, 3.8) is 0 Å². The lowest BCUT2D eigenvalue weighted by Crippen LogP contribution is -1.93. The van der Waals surface area contributed by atoms with Crippen LogP contribution in [0.2, 0.25) is 0 Å². The number of benzene rings is 1. The van der Waals surface area contributed by atoms with Crippen molar-refractivity contribution < 1.29 is 14.2 Å². The van der Waals surface area contributed by atoms with Gasteiger partial charge in [-0.15, -0.1) is 6.42 Å². The first-order valence-corrected chi connectivity index (χ1v) is 4.30. The molecule has 0 N–H and O–H groups in total. The molecule has 0 amide bonds. The monoisotopic (exact) mass is 190 g/mol. The van der Waals surface area contributed by atoms with Crippen molar-refractivity contribution in [2.45, 2.75) is 6.61 Å². The molecule has 1 aliphatic heterocycles. The van der Waals surface area contributed by atoms with Gasteiger partial charge in [-0.1, -0.05) is 12.0 Å². The highest BCUT2D eigenvalue weighted by Crippen LogP contribution is 2.32. The molecule has 0 unspecified atom stereocenters. The van der Waals surface area contributed by atoms with Gasteiger partial charge in [0.15, 0.2) is 11.5 Å². The van der Waals surface area contributed by atoms with Gasteiger partial charge in [0.1, 0.15) is 6.61 Å². The van der Waals surface area contributed by atoms with Gasteiger partial charge in [0, 0.05) is 0 Å². The van der Waals surface area contributed by atoms with Gasteiger partial charge in [-0.2, -0.15) is 0 Å². The first-order chi connectivity index (χ1) is 6.90. The second-order valence-corrected chi connectivity index (χ2v) is 2.88. The molecule has 1 aliphatic rings. The maximum atomic E-state index is 5.23. The van der Waals surface area contributed by atoms with Crippen LogP contribution in [0.3, 0.4) is 0 Å². The van der Waals surface area contributed by atoms with Crippen molar-refractivity contribution >= 4 is 0 Å². The lowest BCUT2D eigenvalue weighted by Gasteiger charge is -2.02. The second-order valence-electron chi connectivity index (χ2n) is 2.88. The Hall–Kier alpha value is -1.66. The summed E-state index contributed by atoms with van der Waals surface area (Å²) in [5, 5.41) is 0. The van der Waals surface area contributed by atoms with Crippen LogP contribution < -0.4 is 9.47 Å². The van der Waals surface area contributed by atoms with E-state index in [0.717, 1.165) is 17.1 Å². The molecule has 0 bridgehead atoms. The Morgan fingerprint density at radius 3 is 3.07 bits per heavy atom. The van der Waals surface area contributed by atoms with Crippen molar-refractivity contribution in [1.82, 2.24) is 0 Å². The first kappa shape index (κ1) is 8.92. The number of terminal acetylenes is 1. The van der Waals surface area contributed by atoms with E-state index in [4.69, 9.17) is 20.6 Å². The normalized spacial score (nSPS) is 12.5. The van der Waals surface area contributed by atoms with Gasteiger partial charge in [0.05, 0.1) is 6.61 Å². The van der Waals surface area contributed by atoms with Crippen molar-refractivity contribution in [3.8, 4) is 23.8 Å². The molecule has 72 valence electrons. The third kappa shape index (κ3) is 1.81. The van der Waals surface area contributed by atoms with E-state index in [1.165, 1.54) is 0 Å². The minimum absolute atomic E-state index is 0.296. The summed E-state index contributed by atoms with van der Waals surface area (Å²) in [5.74, 6) is 3.97. The van der Waals surface area contributed by atoms with Crippen LogP contribution in [0.1, 0.15) is 5.56 Å². The predicted molar refractivity (Wildman–Crippen MR) is 51.1 cm³/mol. The van der Waals surface area contributed by atoms with E-state index < -0.39 is 0 Å². The molecule has 3 heteroatoms. The van der Waals surface area contributed by atoms with Gasteiger partial charge >= 0.3 is 0 Å². The summed E-state index contributed by atoms with van der Waals surface area (Å²) in [6, 6.07) is 5.71. The van der Waals surface area contributed by atoms with Crippen LogP contribution in [0.4, 0.5) is 0 Å². The zero-order valence-electron chi connectivity index (χ0n) is 7.66. The van der Waals surface area contributed by atoms with Crippen LogP contribution in [-0.2, 0) is 11.3 Å². The van der Waals surface area contributed by atoms with E-state index in [1.807, 2.05) is 18.2 Å². The lowest BCUT2D eigenvalue weighted by molar-refractivity contribution is 0.153. The Morgan fingerprint density at radius 2 is 2.21 bits per heavy atom. The van der Waals surface area contributed by atoms with Crippen LogP contribution in [0.25, 0.3) is 0 Å². The Kier molecular flexibility index (Phi) is 2.57. The van der Waals surface area contributed by atoms with Crippen molar-refractivity contribution in [1.29, 1.82) is 0 Å². The van der Waals surface area contributed by atoms with E-state index in [9.17, 15) is 0 Å². The molecule has 0 spiro atoms. The summed E-state index contributed by atoms with van der Waals surface area (Å²) < 4.78 is 15.6. The summed E-state index contributed by atoms with van der Waals surface area (Å²) in [5.41, 5.74) is 1.03. The SMILES string of the molecule is C#CCOCc1ccc2c(c1)OCO2. The lowest BCUT2D eigenvalue weighted by atomic mass is 10.2. The van der Waals surface area contributed by atoms with Crippen LogP contribution in [-0.4, -0.2) is 13.4 Å². The summed E-state index contributed by atoms with van der Waals surface area (Å²) in [7, 11) is 0. The fourth-order valence-electron chi connectivity index (χ4n) is 1.26. The standard InChI is InChI=1S/C11H10O3/c1-2-5-12-7-9-3-4-10-11(6-9)14-8-13-10/h1,3-4,6H,5,7-8H2. The van der Waals surface area contributed by atoms with Gasteiger partial charge in [-0.3, -0.25) is 0 Å². The molecular formula is C11H10O3. The Morgan fingerprint density at radius 1 is 1.36 bits per heavy atom. The molecule has 3 nitrogen and oxygen atoms in total. The Labute approximate surface area is 82.6 Å². The van der Waals surface area contributed by atoms with Gasteiger partial charge in [-0.25, -0.2) is 0 Å². The predicted octanol–water partition coefficient (Wildman–Crippen LogP) is 1.57. The zero-order valence-corrected chi connectivity index (χ0v) is 7.66. The van der Waals surface area contributed by atoms with E-state index in [1.54, 1.807) is 0 Å². The smallest absolute Gasteiger partial charge is 0.231 e. The summed E-state index contributed by atoms with van der Waals surface area (Å²) in [6.45, 7) is 1.12. The molecule has 0 atom stereocenters. The molecule has 0 fully saturated rings. The molecule has 0 radical (unpaired) electrons. The third-order valence-electron chi connectivity index (χ3n) is 1.89. The number of hydrogen-bond acceptors (Lipinski definition) is 3. The maximum absolute atomic E-state index is 5.23. The molecule has 0 saturated heterocycles. The number of fused-ring (bicyclic) bond motifs is 1. The molecule has 2 rings (SSSR count). The van der Waals surface area contributed by atoms with E-state index in [0.29, 0.717) is 20.0 Å². The van der Waals surface area contributed by atoms with Crippen molar-refractivity contribution in [3.05, 3.63) is 23.8 Å². The van der Waals surface area contributed by atoms with Gasteiger partial charge in [-0.05, 0) is 17.7 Å². The van der Waals surface area contributed by atoms with Crippen molar-refractivity contribution in [2.24, 2.45) is 0 Å². The topological polar surface area (TPSA) is 27.7 Å². The summed E-state index contributed by atoms with van der Waals surface area (Å²) >= 11 is 0. The van der Waals surface area contributed by atoms with E-state index in [-0.39, 0.29) is 0 Å². The molecule has 14 heavy (non-hydrogen) atoms. The molecular weight excluding hydrogens is 180 g/mol. The third-order valence-corrected chi connectivity index (χ3v) is 1.89. The second kappa shape index (κ2) is 4.03. The largest absolute Gasteiger partial charge is 0.454 e. The maximum Gasteiger partial charge on any atom is 0.231 e. The average Bonchev–Trinajstić information content (AvgIpc) is 2.65. The van der Waals surface area contributed by atoms with Crippen LogP contribution >= 0.6 is 0 Å². The highest BCUT2D eigenvalue weighted by Gasteiger charge is 2.12. The van der Waals surface area contributed by atoms with E-state index in [2.05, 4.69) is 5.92 Å². The molecule has 0 aliphatic carbocycles.